The Morgan fingerprint density at radius 3 is 2.68 bits per heavy atom. The Labute approximate surface area is 129 Å². The van der Waals surface area contributed by atoms with E-state index < -0.39 is 20.7 Å². The van der Waals surface area contributed by atoms with E-state index in [0.29, 0.717) is 18.5 Å². The number of carboxylic acids is 1. The lowest BCUT2D eigenvalue weighted by Gasteiger charge is -2.26. The molecule has 1 aromatic carbocycles. The first-order chi connectivity index (χ1) is 10.4. The second-order valence-electron chi connectivity index (χ2n) is 6.01. The zero-order valence-electron chi connectivity index (χ0n) is 12.4. The molecule has 0 radical (unpaired) electrons. The fourth-order valence-electron chi connectivity index (χ4n) is 3.18. The Morgan fingerprint density at radius 2 is 2.09 bits per heavy atom. The van der Waals surface area contributed by atoms with Gasteiger partial charge in [-0.3, -0.25) is 9.10 Å². The topological polar surface area (TPSA) is 83.9 Å². The largest absolute Gasteiger partial charge is 0.481 e. The van der Waals surface area contributed by atoms with Crippen LogP contribution in [0.1, 0.15) is 30.7 Å². The number of benzene rings is 1. The first kappa shape index (κ1) is 15.3. The summed E-state index contributed by atoms with van der Waals surface area (Å²) in [5.74, 6) is -1.22. The number of ether oxygens (including phenoxy) is 1. The molecule has 1 aliphatic carbocycles. The van der Waals surface area contributed by atoms with E-state index in [2.05, 4.69) is 0 Å². The van der Waals surface area contributed by atoms with Crippen LogP contribution in [0.4, 0.5) is 5.69 Å². The maximum Gasteiger partial charge on any atom is 0.304 e. The number of carbonyl (C=O) groups is 1. The van der Waals surface area contributed by atoms with Crippen molar-refractivity contribution >= 4 is 21.7 Å². The number of fused-ring (bicyclic) bond motifs is 1. The fourth-order valence-corrected chi connectivity index (χ4v) is 5.34. The van der Waals surface area contributed by atoms with Gasteiger partial charge in [0, 0.05) is 19.6 Å². The number of anilines is 1. The van der Waals surface area contributed by atoms with Crippen LogP contribution in [0, 0.1) is 0 Å². The summed E-state index contributed by atoms with van der Waals surface area (Å²) in [5, 5.41) is 9.06. The normalized spacial score (nSPS) is 22.4. The van der Waals surface area contributed by atoms with Gasteiger partial charge in [-0.1, -0.05) is 18.2 Å². The lowest BCUT2D eigenvalue weighted by molar-refractivity contribution is -0.137. The second kappa shape index (κ2) is 5.24. The predicted molar refractivity (Wildman–Crippen MR) is 81.5 cm³/mol. The van der Waals surface area contributed by atoms with Crippen molar-refractivity contribution in [3.63, 3.8) is 0 Å². The second-order valence-corrected chi connectivity index (χ2v) is 8.26. The number of para-hydroxylation sites is 1. The molecule has 0 bridgehead atoms. The van der Waals surface area contributed by atoms with E-state index in [-0.39, 0.29) is 25.5 Å². The SMILES string of the molecule is COCC1(S(=O)(=O)N2CC(CC(=O)O)c3ccccc32)CC1. The van der Waals surface area contributed by atoms with Crippen LogP contribution >= 0.6 is 0 Å². The van der Waals surface area contributed by atoms with Crippen molar-refractivity contribution in [2.45, 2.75) is 29.9 Å². The fraction of sp³-hybridized carbons (Fsp3) is 0.533. The van der Waals surface area contributed by atoms with Crippen molar-refractivity contribution in [3.8, 4) is 0 Å². The molecule has 120 valence electrons. The Morgan fingerprint density at radius 1 is 1.41 bits per heavy atom. The number of rotatable bonds is 6. The highest BCUT2D eigenvalue weighted by Crippen LogP contribution is 2.50. The van der Waals surface area contributed by atoms with E-state index >= 15 is 0 Å². The van der Waals surface area contributed by atoms with E-state index in [1.807, 2.05) is 12.1 Å². The van der Waals surface area contributed by atoms with E-state index in [9.17, 15) is 13.2 Å². The third-order valence-electron chi connectivity index (χ3n) is 4.50. The van der Waals surface area contributed by atoms with Gasteiger partial charge in [0.15, 0.2) is 0 Å². The van der Waals surface area contributed by atoms with Gasteiger partial charge in [0.2, 0.25) is 10.0 Å². The van der Waals surface area contributed by atoms with Gasteiger partial charge >= 0.3 is 5.97 Å². The van der Waals surface area contributed by atoms with Crippen LogP contribution in [0.5, 0.6) is 0 Å². The zero-order chi connectivity index (χ0) is 16.0. The summed E-state index contributed by atoms with van der Waals surface area (Å²) in [6.45, 7) is 0.372. The molecular formula is C15H19NO5S. The summed E-state index contributed by atoms with van der Waals surface area (Å²) in [6, 6.07) is 7.15. The van der Waals surface area contributed by atoms with Crippen LogP contribution < -0.4 is 4.31 Å². The van der Waals surface area contributed by atoms with Gasteiger partial charge in [-0.25, -0.2) is 8.42 Å². The van der Waals surface area contributed by atoms with E-state index in [1.54, 1.807) is 12.1 Å². The van der Waals surface area contributed by atoms with E-state index in [0.717, 1.165) is 5.56 Å². The Bertz CT molecular complexity index is 696. The minimum atomic E-state index is -3.56. The van der Waals surface area contributed by atoms with Crippen LogP contribution in [-0.2, 0) is 19.6 Å². The standard InChI is InChI=1S/C15H19NO5S/c1-21-10-15(6-7-15)22(19,20)16-9-11(8-14(17)18)12-4-2-3-5-13(12)16/h2-5,11H,6-10H2,1H3,(H,17,18). The van der Waals surface area contributed by atoms with Gasteiger partial charge in [-0.05, 0) is 24.5 Å². The summed E-state index contributed by atoms with van der Waals surface area (Å²) in [4.78, 5) is 11.0. The third-order valence-corrected chi connectivity index (χ3v) is 7.05. The van der Waals surface area contributed by atoms with Gasteiger partial charge in [0.25, 0.3) is 0 Å². The Kier molecular flexibility index (Phi) is 3.65. The maximum atomic E-state index is 13.0. The number of hydrogen-bond donors (Lipinski definition) is 1. The molecule has 3 rings (SSSR count). The molecule has 0 spiro atoms. The number of carboxylic acid groups (broad SMARTS) is 1. The van der Waals surface area contributed by atoms with Crippen LogP contribution in [0.15, 0.2) is 24.3 Å². The molecule has 7 heteroatoms. The molecule has 22 heavy (non-hydrogen) atoms. The lowest BCUT2D eigenvalue weighted by atomic mass is 9.98. The minimum absolute atomic E-state index is 0.0691. The quantitative estimate of drug-likeness (QED) is 0.858. The highest BCUT2D eigenvalue weighted by Gasteiger charge is 2.58. The number of nitrogens with zero attached hydrogens (tertiary/aromatic N) is 1. The predicted octanol–water partition coefficient (Wildman–Crippen LogP) is 1.57. The van der Waals surface area contributed by atoms with Crippen molar-refractivity contribution in [1.82, 2.24) is 0 Å². The molecule has 1 atom stereocenters. The summed E-state index contributed by atoms with van der Waals surface area (Å²) >= 11 is 0. The summed E-state index contributed by atoms with van der Waals surface area (Å²) in [6.07, 6.45) is 1.11. The van der Waals surface area contributed by atoms with E-state index in [1.165, 1.54) is 11.4 Å². The third kappa shape index (κ3) is 2.28. The van der Waals surface area contributed by atoms with Crippen molar-refractivity contribution in [2.75, 3.05) is 24.6 Å². The maximum absolute atomic E-state index is 13.0. The highest BCUT2D eigenvalue weighted by molar-refractivity contribution is 7.94. The smallest absolute Gasteiger partial charge is 0.304 e. The molecule has 1 saturated carbocycles. The van der Waals surface area contributed by atoms with Crippen LogP contribution in [0.3, 0.4) is 0 Å². The first-order valence-electron chi connectivity index (χ1n) is 7.23. The first-order valence-corrected chi connectivity index (χ1v) is 8.67. The summed E-state index contributed by atoms with van der Waals surface area (Å²) in [5.41, 5.74) is 1.40. The molecule has 6 nitrogen and oxygen atoms in total. The summed E-state index contributed by atoms with van der Waals surface area (Å²) < 4.78 is 31.6. The van der Waals surface area contributed by atoms with Gasteiger partial charge in [-0.2, -0.15) is 0 Å². The molecule has 1 aliphatic heterocycles. The summed E-state index contributed by atoms with van der Waals surface area (Å²) in [7, 11) is -2.06. The molecule has 1 fully saturated rings. The van der Waals surface area contributed by atoms with Gasteiger partial charge in [0.05, 0.1) is 18.7 Å². The molecule has 1 unspecified atom stereocenters. The highest BCUT2D eigenvalue weighted by atomic mass is 32.2. The van der Waals surface area contributed by atoms with Gasteiger partial charge < -0.3 is 9.84 Å². The average molecular weight is 325 g/mol. The molecule has 0 saturated heterocycles. The number of methoxy groups -OCH3 is 1. The number of hydrogen-bond acceptors (Lipinski definition) is 4. The molecule has 1 aromatic rings. The zero-order valence-corrected chi connectivity index (χ0v) is 13.2. The van der Waals surface area contributed by atoms with Crippen LogP contribution in [0.25, 0.3) is 0 Å². The molecule has 0 amide bonds. The molecule has 1 heterocycles. The lowest BCUT2D eigenvalue weighted by Crippen LogP contribution is -2.42. The van der Waals surface area contributed by atoms with Crippen molar-refractivity contribution < 1.29 is 23.1 Å². The number of aliphatic carboxylic acids is 1. The van der Waals surface area contributed by atoms with Gasteiger partial charge in [-0.15, -0.1) is 0 Å². The van der Waals surface area contributed by atoms with Crippen LogP contribution in [0.2, 0.25) is 0 Å². The average Bonchev–Trinajstić information content (AvgIpc) is 3.17. The van der Waals surface area contributed by atoms with Crippen molar-refractivity contribution in [1.29, 1.82) is 0 Å². The number of sulfonamides is 1. The molecule has 0 aromatic heterocycles. The van der Waals surface area contributed by atoms with Gasteiger partial charge in [0.1, 0.15) is 4.75 Å². The molecular weight excluding hydrogens is 306 g/mol. The van der Waals surface area contributed by atoms with Crippen molar-refractivity contribution in [3.05, 3.63) is 29.8 Å². The van der Waals surface area contributed by atoms with Crippen molar-refractivity contribution in [2.24, 2.45) is 0 Å². The Hall–Kier alpha value is -1.60. The van der Waals surface area contributed by atoms with Crippen LogP contribution in [-0.4, -0.2) is 44.5 Å². The Balaban J connectivity index is 1.97. The molecule has 2 aliphatic rings. The molecule has 1 N–H and O–H groups in total. The van der Waals surface area contributed by atoms with E-state index in [4.69, 9.17) is 9.84 Å². The minimum Gasteiger partial charge on any atom is -0.481 e. The monoisotopic (exact) mass is 325 g/mol.